The van der Waals surface area contributed by atoms with Gasteiger partial charge in [0.15, 0.2) is 0 Å². The van der Waals surface area contributed by atoms with Gasteiger partial charge in [-0.2, -0.15) is 0 Å². The molecule has 0 atom stereocenters. The number of benzene rings is 1. The van der Waals surface area contributed by atoms with Crippen LogP contribution >= 0.6 is 23.4 Å². The van der Waals surface area contributed by atoms with Crippen molar-refractivity contribution in [3.8, 4) is 0 Å². The Hall–Kier alpha value is -0.210. The normalized spacial score (nSPS) is 10.2. The van der Waals surface area contributed by atoms with E-state index in [0.29, 0.717) is 11.6 Å². The van der Waals surface area contributed by atoms with Gasteiger partial charge in [0.25, 0.3) is 0 Å². The maximum absolute atomic E-state index is 11.8. The minimum atomic E-state index is -0.276. The predicted octanol–water partition coefficient (Wildman–Crippen LogP) is 3.49. The molecule has 66 valence electrons. The van der Waals surface area contributed by atoms with Gasteiger partial charge in [-0.15, -0.1) is 23.4 Å². The Labute approximate surface area is 81.1 Å². The van der Waals surface area contributed by atoms with Gasteiger partial charge in [-0.3, -0.25) is 4.39 Å². The van der Waals surface area contributed by atoms with Gasteiger partial charge in [-0.25, -0.2) is 0 Å². The maximum Gasteiger partial charge on any atom is 0.0988 e. The molecule has 1 aromatic carbocycles. The highest BCUT2D eigenvalue weighted by molar-refractivity contribution is 7.99. The number of hydrogen-bond acceptors (Lipinski definition) is 1. The molecule has 0 spiro atoms. The zero-order valence-electron chi connectivity index (χ0n) is 6.59. The van der Waals surface area contributed by atoms with Gasteiger partial charge in [0.05, 0.1) is 6.67 Å². The summed E-state index contributed by atoms with van der Waals surface area (Å²) in [6, 6.07) is 7.87. The molecule has 0 bridgehead atoms. The Morgan fingerprint density at radius 2 is 1.92 bits per heavy atom. The van der Waals surface area contributed by atoms with Crippen molar-refractivity contribution >= 4 is 23.4 Å². The first kappa shape index (κ1) is 9.87. The zero-order chi connectivity index (χ0) is 8.81. The Balaban J connectivity index is 2.53. The molecule has 0 fully saturated rings. The van der Waals surface area contributed by atoms with Crippen LogP contribution in [0.4, 0.5) is 4.39 Å². The van der Waals surface area contributed by atoms with Crippen molar-refractivity contribution in [3.05, 3.63) is 29.8 Å². The van der Waals surface area contributed by atoms with E-state index in [2.05, 4.69) is 0 Å². The average molecular weight is 205 g/mol. The van der Waals surface area contributed by atoms with Gasteiger partial charge in [-0.05, 0) is 17.7 Å². The first-order valence-corrected chi connectivity index (χ1v) is 5.22. The third-order valence-corrected chi connectivity index (χ3v) is 2.70. The second kappa shape index (κ2) is 5.44. The highest BCUT2D eigenvalue weighted by Crippen LogP contribution is 2.18. The quantitative estimate of drug-likeness (QED) is 0.535. The lowest BCUT2D eigenvalue weighted by atomic mass is 10.2. The monoisotopic (exact) mass is 204 g/mol. The second-order valence-electron chi connectivity index (χ2n) is 2.32. The molecule has 0 aliphatic rings. The minimum Gasteiger partial charge on any atom is -0.250 e. The Morgan fingerprint density at radius 3 is 2.42 bits per heavy atom. The summed E-state index contributed by atoms with van der Waals surface area (Å²) >= 11 is 7.14. The number of rotatable bonds is 4. The lowest BCUT2D eigenvalue weighted by Gasteiger charge is -1.99. The van der Waals surface area contributed by atoms with Gasteiger partial charge in [0.1, 0.15) is 0 Å². The van der Waals surface area contributed by atoms with E-state index in [0.717, 1.165) is 10.5 Å². The van der Waals surface area contributed by atoms with Crippen LogP contribution in [-0.2, 0) is 5.88 Å². The molecule has 0 amide bonds. The van der Waals surface area contributed by atoms with Crippen LogP contribution in [0.2, 0.25) is 0 Å². The van der Waals surface area contributed by atoms with Crippen LogP contribution in [0, 0.1) is 0 Å². The van der Waals surface area contributed by atoms with Crippen molar-refractivity contribution in [1.82, 2.24) is 0 Å². The molecule has 0 aromatic heterocycles. The Kier molecular flexibility index (Phi) is 4.48. The summed E-state index contributed by atoms with van der Waals surface area (Å²) in [5, 5.41) is 0. The largest absolute Gasteiger partial charge is 0.250 e. The standard InChI is InChI=1S/C9H10ClFS/c10-7-8-1-3-9(4-2-8)12-6-5-11/h1-4H,5-7H2. The lowest BCUT2D eigenvalue weighted by Crippen LogP contribution is -1.81. The highest BCUT2D eigenvalue weighted by atomic mass is 35.5. The van der Waals surface area contributed by atoms with Crippen molar-refractivity contribution in [2.24, 2.45) is 0 Å². The summed E-state index contributed by atoms with van der Waals surface area (Å²) < 4.78 is 11.8. The van der Waals surface area contributed by atoms with Crippen LogP contribution in [0.3, 0.4) is 0 Å². The van der Waals surface area contributed by atoms with Crippen molar-refractivity contribution in [2.45, 2.75) is 10.8 Å². The van der Waals surface area contributed by atoms with E-state index in [1.807, 2.05) is 24.3 Å². The van der Waals surface area contributed by atoms with E-state index in [4.69, 9.17) is 11.6 Å². The summed E-state index contributed by atoms with van der Waals surface area (Å²) in [5.41, 5.74) is 1.10. The maximum atomic E-state index is 11.8. The van der Waals surface area contributed by atoms with Crippen LogP contribution in [0.15, 0.2) is 29.2 Å². The smallest absolute Gasteiger partial charge is 0.0988 e. The van der Waals surface area contributed by atoms with Crippen LogP contribution in [0.25, 0.3) is 0 Å². The first-order chi connectivity index (χ1) is 5.86. The molecule has 0 aliphatic heterocycles. The fourth-order valence-electron chi connectivity index (χ4n) is 0.831. The van der Waals surface area contributed by atoms with E-state index >= 15 is 0 Å². The third kappa shape index (κ3) is 3.03. The molecule has 0 heterocycles. The van der Waals surface area contributed by atoms with Crippen molar-refractivity contribution in [3.63, 3.8) is 0 Å². The number of thioether (sulfide) groups is 1. The fourth-order valence-corrected chi connectivity index (χ4v) is 1.65. The fraction of sp³-hybridized carbons (Fsp3) is 0.333. The van der Waals surface area contributed by atoms with Crippen molar-refractivity contribution < 1.29 is 4.39 Å². The van der Waals surface area contributed by atoms with E-state index < -0.39 is 0 Å². The predicted molar refractivity (Wildman–Crippen MR) is 52.7 cm³/mol. The third-order valence-electron chi connectivity index (χ3n) is 1.42. The summed E-state index contributed by atoms with van der Waals surface area (Å²) in [4.78, 5) is 1.10. The van der Waals surface area contributed by atoms with Crippen LogP contribution < -0.4 is 0 Å². The average Bonchev–Trinajstić information content (AvgIpc) is 2.15. The lowest BCUT2D eigenvalue weighted by molar-refractivity contribution is 0.533. The Morgan fingerprint density at radius 1 is 1.25 bits per heavy atom. The van der Waals surface area contributed by atoms with Crippen molar-refractivity contribution in [2.75, 3.05) is 12.4 Å². The molecule has 3 heteroatoms. The van der Waals surface area contributed by atoms with Crippen molar-refractivity contribution in [1.29, 1.82) is 0 Å². The molecule has 0 nitrogen and oxygen atoms in total. The first-order valence-electron chi connectivity index (χ1n) is 3.70. The summed E-state index contributed by atoms with van der Waals surface area (Å²) in [6.07, 6.45) is 0. The van der Waals surface area contributed by atoms with E-state index in [-0.39, 0.29) is 6.67 Å². The molecule has 0 unspecified atom stereocenters. The highest BCUT2D eigenvalue weighted by Gasteiger charge is 1.93. The molecular formula is C9H10ClFS. The molecule has 1 rings (SSSR count). The van der Waals surface area contributed by atoms with E-state index in [1.165, 1.54) is 11.8 Å². The van der Waals surface area contributed by atoms with Gasteiger partial charge < -0.3 is 0 Å². The van der Waals surface area contributed by atoms with Gasteiger partial charge >= 0.3 is 0 Å². The molecular weight excluding hydrogens is 195 g/mol. The SMILES string of the molecule is FCCSc1ccc(CCl)cc1. The molecule has 0 saturated heterocycles. The topological polar surface area (TPSA) is 0 Å². The number of halogens is 2. The molecule has 1 aromatic rings. The van der Waals surface area contributed by atoms with Crippen LogP contribution in [0.5, 0.6) is 0 Å². The minimum absolute atomic E-state index is 0.276. The van der Waals surface area contributed by atoms with E-state index in [1.54, 1.807) is 0 Å². The molecule has 12 heavy (non-hydrogen) atoms. The number of hydrogen-bond donors (Lipinski definition) is 0. The van der Waals surface area contributed by atoms with Crippen LogP contribution in [0.1, 0.15) is 5.56 Å². The van der Waals surface area contributed by atoms with Crippen LogP contribution in [-0.4, -0.2) is 12.4 Å². The second-order valence-corrected chi connectivity index (χ2v) is 3.75. The summed E-state index contributed by atoms with van der Waals surface area (Å²) in [5.74, 6) is 1.06. The van der Waals surface area contributed by atoms with E-state index in [9.17, 15) is 4.39 Å². The molecule has 0 aliphatic carbocycles. The molecule has 0 N–H and O–H groups in total. The van der Waals surface area contributed by atoms with Gasteiger partial charge in [0, 0.05) is 16.5 Å². The number of alkyl halides is 2. The molecule has 0 radical (unpaired) electrons. The Bertz CT molecular complexity index is 222. The summed E-state index contributed by atoms with van der Waals surface area (Å²) in [6.45, 7) is -0.276. The molecule has 0 saturated carbocycles. The van der Waals surface area contributed by atoms with Gasteiger partial charge in [0.2, 0.25) is 0 Å². The zero-order valence-corrected chi connectivity index (χ0v) is 8.17. The summed E-state index contributed by atoms with van der Waals surface area (Å²) in [7, 11) is 0. The van der Waals surface area contributed by atoms with Gasteiger partial charge in [-0.1, -0.05) is 12.1 Å².